The minimum absolute atomic E-state index is 0.233. The van der Waals surface area contributed by atoms with Crippen LogP contribution in [0.15, 0.2) is 6.20 Å². The number of halogens is 3. The monoisotopic (exact) mass is 659 g/mol. The van der Waals surface area contributed by atoms with E-state index < -0.39 is 0 Å². The SMILES string of the molecule is Cc1cnc(C(C)SCOO)c(C)c1C.[I][V]([I])[I]. The van der Waals surface area contributed by atoms with Gasteiger partial charge in [0, 0.05) is 11.4 Å². The Kier molecular flexibility index (Phi) is 13.1. The van der Waals surface area contributed by atoms with Crippen LogP contribution in [0.5, 0.6) is 0 Å². The summed E-state index contributed by atoms with van der Waals surface area (Å²) in [6, 6.07) is 0. The van der Waals surface area contributed by atoms with E-state index in [0.717, 1.165) is 5.69 Å². The van der Waals surface area contributed by atoms with E-state index in [1.54, 1.807) is 0 Å². The van der Waals surface area contributed by atoms with Crippen molar-refractivity contribution in [2.45, 2.75) is 32.9 Å². The molecule has 1 aromatic rings. The van der Waals surface area contributed by atoms with Crippen LogP contribution >= 0.6 is 71.7 Å². The number of aromatic nitrogens is 1. The van der Waals surface area contributed by atoms with Crippen molar-refractivity contribution in [1.29, 1.82) is 0 Å². The van der Waals surface area contributed by atoms with Gasteiger partial charge in [0.2, 0.25) is 0 Å². The Morgan fingerprint density at radius 1 is 1.32 bits per heavy atom. The maximum atomic E-state index is 8.29. The normalized spacial score (nSPS) is 12.1. The summed E-state index contributed by atoms with van der Waals surface area (Å²) >= 11 is 8.91. The number of nitrogens with zero attached hydrogens (tertiary/aromatic N) is 1. The molecule has 0 aromatic carbocycles. The maximum absolute atomic E-state index is 8.29. The van der Waals surface area contributed by atoms with E-state index in [1.165, 1.54) is 28.5 Å². The molecular weight excluding hydrogens is 642 g/mol. The molecule has 0 aliphatic carbocycles. The summed E-state index contributed by atoms with van der Waals surface area (Å²) in [4.78, 5) is 8.22. The zero-order chi connectivity index (χ0) is 15.0. The second-order valence-corrected chi connectivity index (χ2v) is 40.5. The first-order chi connectivity index (χ1) is 8.81. The molecule has 0 amide bonds. The van der Waals surface area contributed by atoms with Crippen molar-refractivity contribution >= 4 is 71.7 Å². The molecule has 1 N–H and O–H groups in total. The van der Waals surface area contributed by atoms with E-state index in [1.807, 2.05) is 6.20 Å². The van der Waals surface area contributed by atoms with Gasteiger partial charge < -0.3 is 0 Å². The van der Waals surface area contributed by atoms with Gasteiger partial charge in [-0.05, 0) is 44.4 Å². The molecule has 19 heavy (non-hydrogen) atoms. The first-order valence-corrected chi connectivity index (χ1v) is 20.0. The molecule has 8 heteroatoms. The molecule has 0 saturated heterocycles. The predicted octanol–water partition coefficient (Wildman–Crippen LogP) is 5.90. The van der Waals surface area contributed by atoms with E-state index in [4.69, 9.17) is 5.26 Å². The van der Waals surface area contributed by atoms with Crippen molar-refractivity contribution in [3.05, 3.63) is 28.6 Å². The van der Waals surface area contributed by atoms with Crippen molar-refractivity contribution in [2.75, 3.05) is 5.94 Å². The standard InChI is InChI=1S/C11H17NO2S.3HI.V/c1-7-5-12-11(9(3)8(7)2)10(4)15-6-14-13;;;;/h5,10,13H,6H2,1-4H3;3*1H;/q;;;;+3/p-3. The van der Waals surface area contributed by atoms with Gasteiger partial charge >= 0.3 is 64.9 Å². The molecule has 0 aliphatic heterocycles. The predicted molar refractivity (Wildman–Crippen MR) is 105 cm³/mol. The fourth-order valence-corrected chi connectivity index (χ4v) is 2.13. The molecule has 1 atom stereocenters. The number of thioether (sulfide) groups is 1. The fraction of sp³-hybridized carbons (Fsp3) is 0.545. The van der Waals surface area contributed by atoms with E-state index in [2.05, 4.69) is 97.5 Å². The molecule has 3 nitrogen and oxygen atoms in total. The van der Waals surface area contributed by atoms with Gasteiger partial charge in [0.15, 0.2) is 0 Å². The van der Waals surface area contributed by atoms with Crippen LogP contribution in [0.2, 0.25) is 0 Å². The van der Waals surface area contributed by atoms with Crippen molar-refractivity contribution in [3.8, 4) is 0 Å². The summed E-state index contributed by atoms with van der Waals surface area (Å²) in [6.45, 7) is 8.32. The number of pyridine rings is 1. The van der Waals surface area contributed by atoms with Crippen LogP contribution in [-0.2, 0) is 9.81 Å². The molecule has 1 unspecified atom stereocenters. The van der Waals surface area contributed by atoms with Crippen LogP contribution in [0.1, 0.15) is 34.6 Å². The molecule has 0 saturated carbocycles. The molecule has 0 aliphatic rings. The molecule has 0 radical (unpaired) electrons. The van der Waals surface area contributed by atoms with Gasteiger partial charge in [0.25, 0.3) is 0 Å². The van der Waals surface area contributed by atoms with Gasteiger partial charge in [-0.25, -0.2) is 4.89 Å². The van der Waals surface area contributed by atoms with Crippen LogP contribution in [0.4, 0.5) is 0 Å². The zero-order valence-corrected chi connectivity index (χ0v) is 19.8. The quantitative estimate of drug-likeness (QED) is 0.189. The van der Waals surface area contributed by atoms with Crippen LogP contribution in [0.3, 0.4) is 0 Å². The molecule has 1 rings (SSSR count). The second kappa shape index (κ2) is 11.7. The molecule has 110 valence electrons. The van der Waals surface area contributed by atoms with E-state index >= 15 is 0 Å². The van der Waals surface area contributed by atoms with Gasteiger partial charge in [0.05, 0.1) is 5.69 Å². The summed E-state index contributed by atoms with van der Waals surface area (Å²) < 4.78 is 0. The summed E-state index contributed by atoms with van der Waals surface area (Å²) in [6.07, 6.45) is 1.90. The van der Waals surface area contributed by atoms with Gasteiger partial charge in [-0.2, -0.15) is 0 Å². The van der Waals surface area contributed by atoms with Crippen LogP contribution in [0.25, 0.3) is 0 Å². The Morgan fingerprint density at radius 2 is 1.84 bits per heavy atom. The minimum atomic E-state index is -0.278. The summed E-state index contributed by atoms with van der Waals surface area (Å²) in [7, 11) is 0. The average Bonchev–Trinajstić information content (AvgIpc) is 2.32. The first-order valence-electron chi connectivity index (χ1n) is 5.39. The molecule has 1 heterocycles. The van der Waals surface area contributed by atoms with Crippen molar-refractivity contribution in [1.82, 2.24) is 4.98 Å². The number of aryl methyl sites for hydroxylation is 1. The van der Waals surface area contributed by atoms with E-state index in [-0.39, 0.29) is 16.1 Å². The average molecular weight is 659 g/mol. The zero-order valence-electron chi connectivity index (χ0n) is 11.2. The summed E-state index contributed by atoms with van der Waals surface area (Å²) in [5.41, 5.74) is 4.80. The van der Waals surface area contributed by atoms with Gasteiger partial charge in [-0.1, -0.05) is 0 Å². The Bertz CT molecular complexity index is 394. The number of hydrogen-bond acceptors (Lipinski definition) is 4. The van der Waals surface area contributed by atoms with E-state index in [0.29, 0.717) is 0 Å². The van der Waals surface area contributed by atoms with Crippen molar-refractivity contribution in [3.63, 3.8) is 0 Å². The molecule has 0 bridgehead atoms. The Morgan fingerprint density at radius 3 is 2.32 bits per heavy atom. The first kappa shape index (κ1) is 21.2. The molecule has 0 spiro atoms. The third-order valence-electron chi connectivity index (χ3n) is 2.69. The van der Waals surface area contributed by atoms with E-state index in [9.17, 15) is 0 Å². The third kappa shape index (κ3) is 9.04. The molecule has 0 fully saturated rings. The van der Waals surface area contributed by atoms with Crippen molar-refractivity contribution in [2.24, 2.45) is 0 Å². The van der Waals surface area contributed by atoms with Crippen LogP contribution in [0, 0.1) is 20.8 Å². The van der Waals surface area contributed by atoms with Gasteiger partial charge in [0.1, 0.15) is 5.94 Å². The topological polar surface area (TPSA) is 42.4 Å². The second-order valence-electron chi connectivity index (χ2n) is 3.82. The van der Waals surface area contributed by atoms with Crippen molar-refractivity contribution < 1.29 is 15.1 Å². The molecule has 1 aromatic heterocycles. The Hall–Kier alpha value is 2.19. The summed E-state index contributed by atoms with van der Waals surface area (Å²) in [5.74, 6) is 0.273. The van der Waals surface area contributed by atoms with Gasteiger partial charge in [-0.15, -0.1) is 11.8 Å². The summed E-state index contributed by atoms with van der Waals surface area (Å²) in [5, 5.41) is 8.52. The number of rotatable bonds is 4. The molecular formula is C11H17I3NO2SV. The Labute approximate surface area is 157 Å². The van der Waals surface area contributed by atoms with Crippen LogP contribution in [-0.4, -0.2) is 16.2 Å². The van der Waals surface area contributed by atoms with Crippen LogP contribution < -0.4 is 0 Å². The third-order valence-corrected chi connectivity index (χ3v) is 3.66. The fourth-order valence-electron chi connectivity index (χ4n) is 1.47. The van der Waals surface area contributed by atoms with Gasteiger partial charge in [-0.3, -0.25) is 10.2 Å². The number of hydrogen-bond donors (Lipinski definition) is 1. The Balaban J connectivity index is 0.000000711.